The minimum Gasteiger partial charge on any atom is -0.507 e. The van der Waals surface area contributed by atoms with E-state index in [4.69, 9.17) is 16.7 Å². The van der Waals surface area contributed by atoms with Crippen LogP contribution < -0.4 is 0 Å². The van der Waals surface area contributed by atoms with Gasteiger partial charge in [-0.25, -0.2) is 0 Å². The number of nitro groups is 1. The number of nitro benzene ring substituents is 1. The number of amides is 1. The van der Waals surface area contributed by atoms with E-state index in [1.54, 1.807) is 0 Å². The van der Waals surface area contributed by atoms with Crippen molar-refractivity contribution in [3.8, 4) is 0 Å². The molecule has 3 rings (SSSR count). The number of aliphatic hydroxyl groups excluding tert-OH is 1. The van der Waals surface area contributed by atoms with Gasteiger partial charge >= 0.3 is 5.97 Å². The summed E-state index contributed by atoms with van der Waals surface area (Å²) in [5.41, 5.74) is -0.373. The van der Waals surface area contributed by atoms with Crippen molar-refractivity contribution in [1.82, 2.24) is 4.90 Å². The normalized spacial score (nSPS) is 18.1. The van der Waals surface area contributed by atoms with Gasteiger partial charge < -0.3 is 15.1 Å². The van der Waals surface area contributed by atoms with E-state index in [0.29, 0.717) is 5.02 Å². The van der Waals surface area contributed by atoms with Gasteiger partial charge in [-0.3, -0.25) is 24.5 Å². The Hall–Kier alpha value is -3.72. The molecule has 1 atom stereocenters. The van der Waals surface area contributed by atoms with E-state index >= 15 is 0 Å². The van der Waals surface area contributed by atoms with Crippen molar-refractivity contribution in [2.75, 3.05) is 6.54 Å². The molecule has 0 spiro atoms. The first-order valence-electron chi connectivity index (χ1n) is 8.21. The predicted octanol–water partition coefficient (Wildman–Crippen LogP) is 2.75. The minimum atomic E-state index is -1.38. The van der Waals surface area contributed by atoms with Crippen molar-refractivity contribution >= 4 is 40.7 Å². The molecule has 1 fully saturated rings. The topological polar surface area (TPSA) is 138 Å². The number of benzene rings is 2. The maximum Gasteiger partial charge on any atom is 0.323 e. The molecule has 148 valence electrons. The Labute approximate surface area is 168 Å². The predicted molar refractivity (Wildman–Crippen MR) is 101 cm³/mol. The number of hydrogen-bond acceptors (Lipinski definition) is 6. The molecule has 2 aromatic rings. The molecule has 1 heterocycles. The number of ketones is 1. The summed E-state index contributed by atoms with van der Waals surface area (Å²) in [4.78, 5) is 47.5. The number of hydrogen-bond donors (Lipinski definition) is 2. The fourth-order valence-corrected chi connectivity index (χ4v) is 3.23. The van der Waals surface area contributed by atoms with Gasteiger partial charge in [0.2, 0.25) is 0 Å². The van der Waals surface area contributed by atoms with Crippen LogP contribution in [0, 0.1) is 10.1 Å². The molecule has 9 nitrogen and oxygen atoms in total. The number of aliphatic carboxylic acids is 1. The van der Waals surface area contributed by atoms with Crippen LogP contribution in [0.4, 0.5) is 5.69 Å². The number of carboxylic acids is 1. The third-order valence-electron chi connectivity index (χ3n) is 4.36. The van der Waals surface area contributed by atoms with Crippen LogP contribution in [0.1, 0.15) is 17.2 Å². The standard InChI is InChI=1S/C19H13ClN2O7/c20-12-6-4-10(5-7-12)17(25)15-16(11-2-1-3-13(8-11)22(28)29)21(9-14(23)24)19(27)18(15)26/h1-8,16,25H,9H2,(H,23,24)/b17-15-. The number of nitrogens with zero attached hydrogens (tertiary/aromatic N) is 2. The first kappa shape index (κ1) is 20.0. The number of carbonyl (C=O) groups is 3. The lowest BCUT2D eigenvalue weighted by Crippen LogP contribution is -2.34. The number of carbonyl (C=O) groups excluding carboxylic acids is 2. The zero-order chi connectivity index (χ0) is 21.3. The van der Waals surface area contributed by atoms with Crippen molar-refractivity contribution in [2.24, 2.45) is 0 Å². The Morgan fingerprint density at radius 1 is 1.14 bits per heavy atom. The second kappa shape index (κ2) is 7.72. The quantitative estimate of drug-likeness (QED) is 0.251. The summed E-state index contributed by atoms with van der Waals surface area (Å²) in [6.07, 6.45) is 0. The third-order valence-corrected chi connectivity index (χ3v) is 4.61. The zero-order valence-electron chi connectivity index (χ0n) is 14.6. The number of Topliss-reactive ketones (excluding diaryl/α,β-unsaturated/α-hetero) is 1. The molecule has 0 saturated carbocycles. The lowest BCUT2D eigenvalue weighted by atomic mass is 9.95. The van der Waals surface area contributed by atoms with E-state index in [2.05, 4.69) is 0 Å². The molecule has 1 aliphatic heterocycles. The number of halogens is 1. The van der Waals surface area contributed by atoms with Crippen LogP contribution in [-0.4, -0.2) is 44.2 Å². The molecule has 0 aliphatic carbocycles. The summed E-state index contributed by atoms with van der Waals surface area (Å²) in [5.74, 6) is -4.13. The number of rotatable bonds is 5. The van der Waals surface area contributed by atoms with Crippen LogP contribution in [0.5, 0.6) is 0 Å². The molecule has 0 aromatic heterocycles. The molecule has 2 aromatic carbocycles. The second-order valence-electron chi connectivity index (χ2n) is 6.18. The van der Waals surface area contributed by atoms with Crippen molar-refractivity contribution in [1.29, 1.82) is 0 Å². The number of aliphatic hydroxyl groups is 1. The molecule has 0 bridgehead atoms. The van der Waals surface area contributed by atoms with Crippen LogP contribution in [0.3, 0.4) is 0 Å². The average molecular weight is 417 g/mol. The Kier molecular flexibility index (Phi) is 5.33. The minimum absolute atomic E-state index is 0.121. The highest BCUT2D eigenvalue weighted by atomic mass is 35.5. The van der Waals surface area contributed by atoms with Crippen LogP contribution >= 0.6 is 11.6 Å². The largest absolute Gasteiger partial charge is 0.507 e. The highest BCUT2D eigenvalue weighted by molar-refractivity contribution is 6.46. The molecular weight excluding hydrogens is 404 g/mol. The van der Waals surface area contributed by atoms with Crippen LogP contribution in [0.2, 0.25) is 5.02 Å². The second-order valence-corrected chi connectivity index (χ2v) is 6.62. The highest BCUT2D eigenvalue weighted by Gasteiger charge is 2.47. The molecular formula is C19H13ClN2O7. The molecule has 1 aliphatic rings. The van der Waals surface area contributed by atoms with Crippen molar-refractivity contribution in [3.05, 3.63) is 80.4 Å². The van der Waals surface area contributed by atoms with Gasteiger partial charge in [-0.15, -0.1) is 0 Å². The monoisotopic (exact) mass is 416 g/mol. The van der Waals surface area contributed by atoms with Crippen LogP contribution in [0.25, 0.3) is 5.76 Å². The molecule has 1 unspecified atom stereocenters. The lowest BCUT2D eigenvalue weighted by molar-refractivity contribution is -0.384. The summed E-state index contributed by atoms with van der Waals surface area (Å²) < 4.78 is 0. The highest BCUT2D eigenvalue weighted by Crippen LogP contribution is 2.40. The van der Waals surface area contributed by atoms with Crippen molar-refractivity contribution in [2.45, 2.75) is 6.04 Å². The summed E-state index contributed by atoms with van der Waals surface area (Å²) in [6.45, 7) is -0.824. The number of non-ortho nitro benzene ring substituents is 1. The van der Waals surface area contributed by atoms with E-state index in [1.165, 1.54) is 42.5 Å². The fraction of sp³-hybridized carbons (Fsp3) is 0.105. The fourth-order valence-electron chi connectivity index (χ4n) is 3.11. The van der Waals surface area contributed by atoms with Gasteiger partial charge in [0.05, 0.1) is 16.5 Å². The van der Waals surface area contributed by atoms with Gasteiger partial charge in [0.25, 0.3) is 17.4 Å². The summed E-state index contributed by atoms with van der Waals surface area (Å²) in [7, 11) is 0. The van der Waals surface area contributed by atoms with Crippen molar-refractivity contribution in [3.63, 3.8) is 0 Å². The molecule has 2 N–H and O–H groups in total. The van der Waals surface area contributed by atoms with E-state index in [-0.39, 0.29) is 22.4 Å². The van der Waals surface area contributed by atoms with Gasteiger partial charge in [0.15, 0.2) is 0 Å². The van der Waals surface area contributed by atoms with Crippen molar-refractivity contribution < 1.29 is 29.5 Å². The Morgan fingerprint density at radius 3 is 2.38 bits per heavy atom. The first-order chi connectivity index (χ1) is 13.7. The Bertz CT molecular complexity index is 1060. The van der Waals surface area contributed by atoms with Gasteiger partial charge in [0, 0.05) is 22.7 Å². The van der Waals surface area contributed by atoms with E-state index < -0.39 is 40.9 Å². The molecule has 1 saturated heterocycles. The molecule has 0 radical (unpaired) electrons. The molecule has 10 heteroatoms. The summed E-state index contributed by atoms with van der Waals surface area (Å²) >= 11 is 5.82. The third kappa shape index (κ3) is 3.81. The van der Waals surface area contributed by atoms with Gasteiger partial charge in [0.1, 0.15) is 12.3 Å². The molecule has 29 heavy (non-hydrogen) atoms. The van der Waals surface area contributed by atoms with Gasteiger partial charge in [-0.2, -0.15) is 0 Å². The SMILES string of the molecule is O=C(O)CN1C(=O)C(=O)/C(=C(\O)c2ccc(Cl)cc2)C1c1cccc([N+](=O)[O-])c1. The van der Waals surface area contributed by atoms with Gasteiger partial charge in [-0.1, -0.05) is 23.7 Å². The maximum absolute atomic E-state index is 12.6. The zero-order valence-corrected chi connectivity index (χ0v) is 15.4. The molecule has 1 amide bonds. The van der Waals surface area contributed by atoms with Crippen LogP contribution in [-0.2, 0) is 14.4 Å². The Morgan fingerprint density at radius 2 is 1.79 bits per heavy atom. The van der Waals surface area contributed by atoms with E-state index in [9.17, 15) is 29.6 Å². The number of carboxylic acid groups (broad SMARTS) is 1. The average Bonchev–Trinajstić information content (AvgIpc) is 2.92. The maximum atomic E-state index is 12.6. The lowest BCUT2D eigenvalue weighted by Gasteiger charge is -2.23. The van der Waals surface area contributed by atoms with Gasteiger partial charge in [-0.05, 0) is 29.8 Å². The summed E-state index contributed by atoms with van der Waals surface area (Å²) in [6, 6.07) is 9.57. The van der Waals surface area contributed by atoms with E-state index in [0.717, 1.165) is 11.0 Å². The first-order valence-corrected chi connectivity index (χ1v) is 8.59. The Balaban J connectivity index is 2.22. The van der Waals surface area contributed by atoms with E-state index in [1.807, 2.05) is 0 Å². The summed E-state index contributed by atoms with van der Waals surface area (Å²) in [5, 5.41) is 31.4. The number of likely N-dealkylation sites (tertiary alicyclic amines) is 1. The van der Waals surface area contributed by atoms with Crippen LogP contribution in [0.15, 0.2) is 54.1 Å². The smallest absolute Gasteiger partial charge is 0.323 e.